The van der Waals surface area contributed by atoms with E-state index in [0.717, 1.165) is 84.5 Å². The van der Waals surface area contributed by atoms with Gasteiger partial charge >= 0.3 is 0 Å². The van der Waals surface area contributed by atoms with Crippen LogP contribution in [0.5, 0.6) is 5.75 Å². The van der Waals surface area contributed by atoms with Gasteiger partial charge in [-0.3, -0.25) is 14.1 Å². The number of alkyl halides is 3. The minimum atomic E-state index is -2.92. The average molecular weight is 630 g/mol. The zero-order valence-electron chi connectivity index (χ0n) is 23.7. The predicted octanol–water partition coefficient (Wildman–Crippen LogP) is 8.70. The van der Waals surface area contributed by atoms with Gasteiger partial charge in [0.25, 0.3) is 5.92 Å². The Balaban J connectivity index is 1.32. The Morgan fingerprint density at radius 2 is 1.79 bits per heavy atom. The number of benzene rings is 3. The number of allylic oxidation sites excluding steroid dienone is 1. The van der Waals surface area contributed by atoms with Crippen LogP contribution in [0.1, 0.15) is 54.4 Å². The number of aryl methyl sites for hydroxylation is 1. The van der Waals surface area contributed by atoms with Gasteiger partial charge in [-0.1, -0.05) is 47.5 Å². The molecule has 43 heavy (non-hydrogen) atoms. The number of amides is 1. The summed E-state index contributed by atoms with van der Waals surface area (Å²) in [4.78, 5) is 14.6. The van der Waals surface area contributed by atoms with E-state index in [1.807, 2.05) is 48.5 Å². The second-order valence-corrected chi connectivity index (χ2v) is 12.4. The van der Waals surface area contributed by atoms with E-state index in [2.05, 4.69) is 10.2 Å². The van der Waals surface area contributed by atoms with Gasteiger partial charge in [0.1, 0.15) is 17.8 Å². The van der Waals surface area contributed by atoms with Crippen LogP contribution in [-0.4, -0.2) is 49.1 Å². The molecule has 6 rings (SSSR count). The first-order chi connectivity index (χ1) is 20.7. The summed E-state index contributed by atoms with van der Waals surface area (Å²) in [6, 6.07) is 19.2. The van der Waals surface area contributed by atoms with Crippen LogP contribution in [-0.2, 0) is 11.2 Å². The zero-order chi connectivity index (χ0) is 30.1. The first kappa shape index (κ1) is 30.0. The number of halogens is 5. The molecule has 9 heteroatoms. The van der Waals surface area contributed by atoms with E-state index < -0.39 is 24.2 Å². The number of ether oxygens (including phenoxy) is 1. The van der Waals surface area contributed by atoms with Crippen molar-refractivity contribution in [3.05, 3.63) is 93.0 Å². The third-order valence-electron chi connectivity index (χ3n) is 8.50. The molecule has 1 saturated carbocycles. The van der Waals surface area contributed by atoms with Gasteiger partial charge in [0.15, 0.2) is 0 Å². The van der Waals surface area contributed by atoms with Crippen molar-refractivity contribution in [1.29, 1.82) is 0 Å². The first-order valence-electron chi connectivity index (χ1n) is 14.8. The molecule has 3 aromatic carbocycles. The summed E-state index contributed by atoms with van der Waals surface area (Å²) in [5.74, 6) is -4.05. The maximum absolute atomic E-state index is 13.5. The second-order valence-electron chi connectivity index (χ2n) is 11.6. The second kappa shape index (κ2) is 12.5. The lowest BCUT2D eigenvalue weighted by atomic mass is 9.87. The molecule has 0 unspecified atom stereocenters. The van der Waals surface area contributed by atoms with E-state index in [-0.39, 0.29) is 12.8 Å². The molecule has 2 aliphatic carbocycles. The number of rotatable bonds is 9. The molecule has 0 radical (unpaired) electrons. The topological polar surface area (TPSA) is 41.6 Å². The molecule has 1 N–H and O–H groups in total. The van der Waals surface area contributed by atoms with Crippen molar-refractivity contribution < 1.29 is 22.7 Å². The fraction of sp³-hybridized carbons (Fsp3) is 0.382. The number of hydrogen-bond donors (Lipinski definition) is 1. The molecule has 3 aromatic rings. The van der Waals surface area contributed by atoms with Gasteiger partial charge in [0, 0.05) is 41.8 Å². The van der Waals surface area contributed by atoms with Crippen LogP contribution >= 0.6 is 23.2 Å². The molecule has 1 saturated heterocycles. The number of hydrogen-bond acceptors (Lipinski definition) is 3. The summed E-state index contributed by atoms with van der Waals surface area (Å²) in [7, 11) is 0. The lowest BCUT2D eigenvalue weighted by Crippen LogP contribution is -2.26. The number of nitrogens with one attached hydrogen (secondary N) is 1. The summed E-state index contributed by atoms with van der Waals surface area (Å²) in [6.45, 7) is 2.14. The fourth-order valence-electron chi connectivity index (χ4n) is 6.20. The third kappa shape index (κ3) is 6.74. The minimum Gasteiger partial charge on any atom is -0.489 e. The number of fused-ring (bicyclic) bond motifs is 1. The van der Waals surface area contributed by atoms with Crippen molar-refractivity contribution in [2.75, 3.05) is 31.6 Å². The maximum atomic E-state index is 13.5. The van der Waals surface area contributed by atoms with E-state index in [1.165, 1.54) is 0 Å². The van der Waals surface area contributed by atoms with Crippen molar-refractivity contribution in [3.8, 4) is 5.75 Å². The molecule has 0 aromatic heterocycles. The lowest BCUT2D eigenvalue weighted by Gasteiger charge is -2.19. The van der Waals surface area contributed by atoms with Gasteiger partial charge in [-0.15, -0.1) is 0 Å². The summed E-state index contributed by atoms with van der Waals surface area (Å²) in [5, 5.41) is 3.81. The van der Waals surface area contributed by atoms with Crippen molar-refractivity contribution >= 4 is 45.9 Å². The Kier molecular flexibility index (Phi) is 8.77. The Hall–Kier alpha value is -3.00. The predicted molar refractivity (Wildman–Crippen MR) is 166 cm³/mol. The van der Waals surface area contributed by atoms with Crippen LogP contribution in [0.15, 0.2) is 60.7 Å². The van der Waals surface area contributed by atoms with E-state index in [9.17, 15) is 18.0 Å². The molecular weight excluding hydrogens is 596 g/mol. The highest BCUT2D eigenvalue weighted by atomic mass is 35.5. The molecule has 0 bridgehead atoms. The SMILES string of the molecule is O=C(Nc1ccc2c(c1)CCCC(c1ccc(Cl)cc1Cl)=C2c1ccc(O[C@H]2CCN(CCCF)C2)cc1)[C@@H]1CC1(F)F. The largest absolute Gasteiger partial charge is 0.489 e. The number of anilines is 1. The monoisotopic (exact) mass is 628 g/mol. The number of likely N-dealkylation sites (tertiary alicyclic amines) is 1. The van der Waals surface area contributed by atoms with Gasteiger partial charge < -0.3 is 10.1 Å². The van der Waals surface area contributed by atoms with Crippen molar-refractivity contribution in [1.82, 2.24) is 4.90 Å². The maximum Gasteiger partial charge on any atom is 0.260 e. The molecule has 0 spiro atoms. The number of nitrogens with zero attached hydrogens (tertiary/aromatic N) is 1. The molecule has 3 aliphatic rings. The van der Waals surface area contributed by atoms with Crippen molar-refractivity contribution in [3.63, 3.8) is 0 Å². The highest BCUT2D eigenvalue weighted by molar-refractivity contribution is 6.36. The Labute approximate surface area is 259 Å². The van der Waals surface area contributed by atoms with Crippen LogP contribution in [0.3, 0.4) is 0 Å². The van der Waals surface area contributed by atoms with Crippen LogP contribution in [0.4, 0.5) is 18.9 Å². The van der Waals surface area contributed by atoms with Gasteiger partial charge in [0.2, 0.25) is 5.91 Å². The standard InChI is InChI=1S/C34H33Cl2F3N2O2/c35-23-7-11-28(31(36)18-23)29-4-1-3-22-17-24(40-33(42)30-19-34(30,38)39)8-12-27(22)32(29)21-5-9-25(10-6-21)43-26-13-16-41(20-26)15-2-14-37/h5-12,17-18,26,30H,1-4,13-16,19-20H2,(H,40,42)/t26-,30-/m0/s1. The Morgan fingerprint density at radius 1 is 1.02 bits per heavy atom. The smallest absolute Gasteiger partial charge is 0.260 e. The average Bonchev–Trinajstić information content (AvgIpc) is 3.48. The van der Waals surface area contributed by atoms with Crippen molar-refractivity contribution in [2.45, 2.75) is 50.6 Å². The molecule has 4 nitrogen and oxygen atoms in total. The quantitative estimate of drug-likeness (QED) is 0.258. The Bertz CT molecular complexity index is 1540. The Morgan fingerprint density at radius 3 is 2.51 bits per heavy atom. The van der Waals surface area contributed by atoms with Gasteiger partial charge in [-0.25, -0.2) is 8.78 Å². The summed E-state index contributed by atoms with van der Waals surface area (Å²) >= 11 is 13.0. The van der Waals surface area contributed by atoms with Crippen LogP contribution in [0.2, 0.25) is 10.0 Å². The summed E-state index contributed by atoms with van der Waals surface area (Å²) in [5.41, 5.74) is 6.54. The van der Waals surface area contributed by atoms with E-state index >= 15 is 0 Å². The third-order valence-corrected chi connectivity index (χ3v) is 9.05. The molecule has 2 fully saturated rings. The lowest BCUT2D eigenvalue weighted by molar-refractivity contribution is -0.119. The van der Waals surface area contributed by atoms with Crippen LogP contribution in [0, 0.1) is 5.92 Å². The van der Waals surface area contributed by atoms with Gasteiger partial charge in [-0.05, 0) is 102 Å². The minimum absolute atomic E-state index is 0.0657. The summed E-state index contributed by atoms with van der Waals surface area (Å²) in [6.07, 6.45) is 3.46. The van der Waals surface area contributed by atoms with Crippen LogP contribution < -0.4 is 10.1 Å². The highest BCUT2D eigenvalue weighted by Gasteiger charge is 2.61. The highest BCUT2D eigenvalue weighted by Crippen LogP contribution is 2.49. The molecule has 1 amide bonds. The summed E-state index contributed by atoms with van der Waals surface area (Å²) < 4.78 is 45.8. The van der Waals surface area contributed by atoms with Gasteiger partial charge in [0.05, 0.1) is 6.67 Å². The molecule has 2 atom stereocenters. The zero-order valence-corrected chi connectivity index (χ0v) is 25.2. The molecule has 226 valence electrons. The van der Waals surface area contributed by atoms with E-state index in [1.54, 1.807) is 12.1 Å². The fourth-order valence-corrected chi connectivity index (χ4v) is 6.72. The molecule has 1 aliphatic heterocycles. The first-order valence-corrected chi connectivity index (χ1v) is 15.5. The molecule has 1 heterocycles. The van der Waals surface area contributed by atoms with E-state index in [0.29, 0.717) is 22.2 Å². The molecular formula is C34H33Cl2F3N2O2. The number of carbonyl (C=O) groups excluding carboxylic acids is 1. The van der Waals surface area contributed by atoms with Crippen LogP contribution in [0.25, 0.3) is 11.1 Å². The van der Waals surface area contributed by atoms with E-state index in [4.69, 9.17) is 27.9 Å². The number of carbonyl (C=O) groups is 1. The van der Waals surface area contributed by atoms with Crippen molar-refractivity contribution in [2.24, 2.45) is 5.92 Å². The normalized spacial score (nSPS) is 21.3. The van der Waals surface area contributed by atoms with Gasteiger partial charge in [-0.2, -0.15) is 0 Å².